The van der Waals surface area contributed by atoms with E-state index in [4.69, 9.17) is 4.98 Å². The number of nitrogens with zero attached hydrogens (tertiary/aromatic N) is 2. The number of hydrogen-bond acceptors (Lipinski definition) is 4. The zero-order valence-corrected chi connectivity index (χ0v) is 13.8. The highest BCUT2D eigenvalue weighted by atomic mass is 32.1. The number of thiazole rings is 1. The van der Waals surface area contributed by atoms with Gasteiger partial charge in [0, 0.05) is 23.9 Å². The van der Waals surface area contributed by atoms with Gasteiger partial charge in [0.05, 0.1) is 16.8 Å². The van der Waals surface area contributed by atoms with Gasteiger partial charge in [-0.1, -0.05) is 26.7 Å². The normalized spacial score (nSPS) is 22.9. The predicted octanol–water partition coefficient (Wildman–Crippen LogP) is 3.78. The van der Waals surface area contributed by atoms with E-state index in [9.17, 15) is 5.11 Å². The van der Waals surface area contributed by atoms with Crippen LogP contribution in [0.25, 0.3) is 0 Å². The number of rotatable bonds is 5. The standard InChI is InChI=1S/C16H28N2OS/c1-12(2)16-17-14(11-20-16)10-18-8-6-4-5-7-15(18)9-13(3)19/h11-13,15,19H,4-10H2,1-3H3. The molecule has 0 aliphatic carbocycles. The molecule has 0 amide bonds. The molecular formula is C16H28N2OS. The van der Waals surface area contributed by atoms with Crippen molar-refractivity contribution in [2.75, 3.05) is 6.54 Å². The molecule has 1 aromatic rings. The lowest BCUT2D eigenvalue weighted by atomic mass is 10.0. The third-order valence-electron chi connectivity index (χ3n) is 4.04. The molecule has 1 aliphatic heterocycles. The number of likely N-dealkylation sites (tertiary alicyclic amines) is 1. The van der Waals surface area contributed by atoms with Crippen molar-refractivity contribution in [3.63, 3.8) is 0 Å². The first-order chi connectivity index (χ1) is 9.56. The zero-order valence-electron chi connectivity index (χ0n) is 13.0. The molecule has 1 N–H and O–H groups in total. The van der Waals surface area contributed by atoms with E-state index in [1.807, 2.05) is 6.92 Å². The van der Waals surface area contributed by atoms with E-state index in [2.05, 4.69) is 24.1 Å². The zero-order chi connectivity index (χ0) is 14.5. The smallest absolute Gasteiger partial charge is 0.0954 e. The van der Waals surface area contributed by atoms with E-state index in [-0.39, 0.29) is 6.10 Å². The Morgan fingerprint density at radius 3 is 2.80 bits per heavy atom. The lowest BCUT2D eigenvalue weighted by Crippen LogP contribution is -2.36. The van der Waals surface area contributed by atoms with Gasteiger partial charge in [-0.2, -0.15) is 0 Å². The fourth-order valence-corrected chi connectivity index (χ4v) is 3.80. The summed E-state index contributed by atoms with van der Waals surface area (Å²) in [6, 6.07) is 0.515. The molecule has 1 aromatic heterocycles. The van der Waals surface area contributed by atoms with Gasteiger partial charge in [-0.3, -0.25) is 4.90 Å². The van der Waals surface area contributed by atoms with Crippen LogP contribution in [0.5, 0.6) is 0 Å². The van der Waals surface area contributed by atoms with Crippen LogP contribution in [0.2, 0.25) is 0 Å². The molecule has 2 atom stereocenters. The van der Waals surface area contributed by atoms with E-state index >= 15 is 0 Å². The van der Waals surface area contributed by atoms with Gasteiger partial charge in [0.1, 0.15) is 0 Å². The summed E-state index contributed by atoms with van der Waals surface area (Å²) in [6.07, 6.45) is 5.79. The third kappa shape index (κ3) is 4.54. The van der Waals surface area contributed by atoms with E-state index in [0.717, 1.165) is 19.5 Å². The van der Waals surface area contributed by atoms with E-state index in [0.29, 0.717) is 12.0 Å². The molecule has 4 heteroatoms. The Balaban J connectivity index is 2.02. The van der Waals surface area contributed by atoms with Crippen molar-refractivity contribution in [3.8, 4) is 0 Å². The fourth-order valence-electron chi connectivity index (χ4n) is 2.97. The molecule has 3 nitrogen and oxygen atoms in total. The lowest BCUT2D eigenvalue weighted by molar-refractivity contribution is 0.107. The van der Waals surface area contributed by atoms with Gasteiger partial charge >= 0.3 is 0 Å². The minimum Gasteiger partial charge on any atom is -0.393 e. The average Bonchev–Trinajstić information content (AvgIpc) is 2.74. The molecule has 1 saturated heterocycles. The van der Waals surface area contributed by atoms with E-state index in [1.165, 1.54) is 36.4 Å². The first kappa shape index (κ1) is 15.9. The molecule has 0 aromatic carbocycles. The maximum absolute atomic E-state index is 9.72. The minimum atomic E-state index is -0.206. The minimum absolute atomic E-state index is 0.206. The third-order valence-corrected chi connectivity index (χ3v) is 5.23. The van der Waals surface area contributed by atoms with Crippen molar-refractivity contribution >= 4 is 11.3 Å². The Morgan fingerprint density at radius 1 is 1.35 bits per heavy atom. The average molecular weight is 296 g/mol. The van der Waals surface area contributed by atoms with Crippen LogP contribution >= 0.6 is 11.3 Å². The highest BCUT2D eigenvalue weighted by Crippen LogP contribution is 2.25. The molecular weight excluding hydrogens is 268 g/mol. The van der Waals surface area contributed by atoms with Crippen molar-refractivity contribution in [1.82, 2.24) is 9.88 Å². The van der Waals surface area contributed by atoms with Gasteiger partial charge < -0.3 is 5.11 Å². The maximum atomic E-state index is 9.72. The van der Waals surface area contributed by atoms with Crippen LogP contribution in [0.3, 0.4) is 0 Å². The summed E-state index contributed by atoms with van der Waals surface area (Å²) in [6.45, 7) is 8.39. The van der Waals surface area contributed by atoms with E-state index < -0.39 is 0 Å². The molecule has 0 spiro atoms. The summed E-state index contributed by atoms with van der Waals surface area (Å²) >= 11 is 1.78. The molecule has 0 saturated carbocycles. The van der Waals surface area contributed by atoms with Crippen LogP contribution in [0, 0.1) is 0 Å². The Labute approximate surface area is 127 Å². The van der Waals surface area contributed by atoms with E-state index in [1.54, 1.807) is 11.3 Å². The number of hydrogen-bond donors (Lipinski definition) is 1. The molecule has 2 rings (SSSR count). The van der Waals surface area contributed by atoms with Crippen LogP contribution < -0.4 is 0 Å². The van der Waals surface area contributed by atoms with Crippen molar-refractivity contribution in [1.29, 1.82) is 0 Å². The Bertz CT molecular complexity index is 403. The second kappa shape index (κ2) is 7.53. The van der Waals surface area contributed by atoms with Crippen LogP contribution in [0.15, 0.2) is 5.38 Å². The summed E-state index contributed by atoms with van der Waals surface area (Å²) in [4.78, 5) is 7.30. The lowest BCUT2D eigenvalue weighted by Gasteiger charge is -2.30. The van der Waals surface area contributed by atoms with Crippen LogP contribution in [0.1, 0.15) is 69.5 Å². The molecule has 2 unspecified atom stereocenters. The summed E-state index contributed by atoms with van der Waals surface area (Å²) in [7, 11) is 0. The highest BCUT2D eigenvalue weighted by molar-refractivity contribution is 7.09. The number of aliphatic hydroxyl groups excluding tert-OH is 1. The van der Waals surface area contributed by atoms with Gasteiger partial charge in [-0.25, -0.2) is 4.98 Å². The summed E-state index contributed by atoms with van der Waals surface area (Å²) < 4.78 is 0. The monoisotopic (exact) mass is 296 g/mol. The van der Waals surface area contributed by atoms with Gasteiger partial charge in [-0.15, -0.1) is 11.3 Å². The largest absolute Gasteiger partial charge is 0.393 e. The molecule has 114 valence electrons. The Kier molecular flexibility index (Phi) is 6.00. The van der Waals surface area contributed by atoms with Crippen LogP contribution in [-0.4, -0.2) is 33.7 Å². The quantitative estimate of drug-likeness (QED) is 0.898. The summed E-state index contributed by atoms with van der Waals surface area (Å²) in [5.41, 5.74) is 1.20. The van der Waals surface area contributed by atoms with Crippen molar-refractivity contribution in [2.24, 2.45) is 0 Å². The van der Waals surface area contributed by atoms with Crippen molar-refractivity contribution < 1.29 is 5.11 Å². The van der Waals surface area contributed by atoms with Gasteiger partial charge in [0.15, 0.2) is 0 Å². The first-order valence-electron chi connectivity index (χ1n) is 7.92. The molecule has 2 heterocycles. The predicted molar refractivity (Wildman–Crippen MR) is 85.2 cm³/mol. The van der Waals surface area contributed by atoms with Gasteiger partial charge in [0.25, 0.3) is 0 Å². The highest BCUT2D eigenvalue weighted by Gasteiger charge is 2.23. The molecule has 20 heavy (non-hydrogen) atoms. The van der Waals surface area contributed by atoms with Crippen molar-refractivity contribution in [3.05, 3.63) is 16.1 Å². The summed E-state index contributed by atoms with van der Waals surface area (Å²) in [5.74, 6) is 0.520. The van der Waals surface area contributed by atoms with Crippen LogP contribution in [0.4, 0.5) is 0 Å². The number of aliphatic hydroxyl groups is 1. The Morgan fingerprint density at radius 2 is 2.15 bits per heavy atom. The molecule has 0 bridgehead atoms. The summed E-state index contributed by atoms with van der Waals surface area (Å²) in [5, 5.41) is 13.2. The fraction of sp³-hybridized carbons (Fsp3) is 0.812. The van der Waals surface area contributed by atoms with Gasteiger partial charge in [-0.05, 0) is 32.7 Å². The Hall–Kier alpha value is -0.450. The molecule has 0 radical (unpaired) electrons. The molecule has 1 fully saturated rings. The first-order valence-corrected chi connectivity index (χ1v) is 8.80. The molecule has 1 aliphatic rings. The maximum Gasteiger partial charge on any atom is 0.0954 e. The van der Waals surface area contributed by atoms with Gasteiger partial charge in [0.2, 0.25) is 0 Å². The second-order valence-electron chi connectivity index (χ2n) is 6.39. The number of aromatic nitrogens is 1. The SMILES string of the molecule is CC(O)CC1CCCCCN1Cc1csc(C(C)C)n1. The topological polar surface area (TPSA) is 36.4 Å². The van der Waals surface area contributed by atoms with Crippen molar-refractivity contribution in [2.45, 2.75) is 77.5 Å². The second-order valence-corrected chi connectivity index (χ2v) is 7.28. The van der Waals surface area contributed by atoms with Crippen LogP contribution in [-0.2, 0) is 6.54 Å².